The molecule has 0 aliphatic heterocycles. The predicted octanol–water partition coefficient (Wildman–Crippen LogP) is 8.75. The van der Waals surface area contributed by atoms with Gasteiger partial charge in [-0.25, -0.2) is 0 Å². The Labute approximate surface area is 178 Å². The van der Waals surface area contributed by atoms with Crippen molar-refractivity contribution in [3.63, 3.8) is 0 Å². The summed E-state index contributed by atoms with van der Waals surface area (Å²) >= 11 is 0. The Morgan fingerprint density at radius 3 is 2.59 bits per heavy atom. The molecule has 0 bridgehead atoms. The van der Waals surface area contributed by atoms with E-state index in [0.29, 0.717) is 11.8 Å². The normalized spacial score (nSPS) is 19.6. The van der Waals surface area contributed by atoms with E-state index in [-0.39, 0.29) is 0 Å². The smallest absolute Gasteiger partial charge is 0.0134 e. The lowest BCUT2D eigenvalue weighted by atomic mass is 9.70. The summed E-state index contributed by atoms with van der Waals surface area (Å²) in [6.07, 6.45) is 9.53. The third-order valence-electron chi connectivity index (χ3n) is 6.99. The van der Waals surface area contributed by atoms with Gasteiger partial charge in [-0.3, -0.25) is 0 Å². The molecule has 2 aromatic rings. The first kappa shape index (κ1) is 21.6. The second-order valence-electron chi connectivity index (χ2n) is 9.01. The van der Waals surface area contributed by atoms with Gasteiger partial charge in [-0.2, -0.15) is 0 Å². The van der Waals surface area contributed by atoms with Crippen molar-refractivity contribution in [1.82, 2.24) is 0 Å². The molecule has 1 saturated carbocycles. The third-order valence-corrected chi connectivity index (χ3v) is 6.99. The van der Waals surface area contributed by atoms with Crippen LogP contribution in [0.5, 0.6) is 0 Å². The fourth-order valence-corrected chi connectivity index (χ4v) is 5.20. The minimum Gasteiger partial charge on any atom is -0.0996 e. The molecular weight excluding hydrogens is 348 g/mol. The highest BCUT2D eigenvalue weighted by molar-refractivity contribution is 5.86. The topological polar surface area (TPSA) is 0 Å². The highest BCUT2D eigenvalue weighted by Gasteiger charge is 2.29. The molecule has 1 aliphatic carbocycles. The van der Waals surface area contributed by atoms with Crippen LogP contribution in [0.4, 0.5) is 0 Å². The molecule has 0 aromatic heterocycles. The zero-order valence-electron chi connectivity index (χ0n) is 19.1. The number of allylic oxidation sites excluding steroid dienone is 5. The molecule has 1 aliphatic rings. The minimum atomic E-state index is 0.568. The van der Waals surface area contributed by atoms with Crippen molar-refractivity contribution in [3.8, 4) is 0 Å². The van der Waals surface area contributed by atoms with Gasteiger partial charge in [-0.05, 0) is 104 Å². The quantitative estimate of drug-likeness (QED) is 0.435. The first-order valence-electron chi connectivity index (χ1n) is 11.5. The zero-order chi connectivity index (χ0) is 21.0. The summed E-state index contributed by atoms with van der Waals surface area (Å²) in [6.45, 7) is 15.9. The number of aryl methyl sites for hydroxylation is 1. The fourth-order valence-electron chi connectivity index (χ4n) is 5.20. The summed E-state index contributed by atoms with van der Waals surface area (Å²) in [4.78, 5) is 0. The van der Waals surface area contributed by atoms with Crippen molar-refractivity contribution >= 4 is 10.8 Å². The van der Waals surface area contributed by atoms with Crippen LogP contribution in [-0.2, 0) is 6.42 Å². The van der Waals surface area contributed by atoms with Gasteiger partial charge < -0.3 is 0 Å². The van der Waals surface area contributed by atoms with E-state index in [9.17, 15) is 0 Å². The predicted molar refractivity (Wildman–Crippen MR) is 129 cm³/mol. The summed E-state index contributed by atoms with van der Waals surface area (Å²) in [6, 6.07) is 13.4. The van der Waals surface area contributed by atoms with Crippen molar-refractivity contribution in [1.29, 1.82) is 0 Å². The second-order valence-corrected chi connectivity index (χ2v) is 9.01. The zero-order valence-corrected chi connectivity index (χ0v) is 19.1. The average molecular weight is 387 g/mol. The summed E-state index contributed by atoms with van der Waals surface area (Å²) in [5.41, 5.74) is 9.09. The van der Waals surface area contributed by atoms with Crippen molar-refractivity contribution in [2.45, 2.75) is 73.1 Å². The monoisotopic (exact) mass is 386 g/mol. The van der Waals surface area contributed by atoms with Crippen molar-refractivity contribution in [2.75, 3.05) is 0 Å². The molecule has 2 atom stereocenters. The Hall–Kier alpha value is -2.08. The number of benzene rings is 2. The fraction of sp³-hybridized carbons (Fsp3) is 0.448. The van der Waals surface area contributed by atoms with Gasteiger partial charge in [-0.15, -0.1) is 0 Å². The molecule has 29 heavy (non-hydrogen) atoms. The van der Waals surface area contributed by atoms with E-state index in [1.165, 1.54) is 52.3 Å². The Balaban J connectivity index is 1.92. The van der Waals surface area contributed by atoms with Crippen LogP contribution < -0.4 is 0 Å². The van der Waals surface area contributed by atoms with Crippen LogP contribution in [0.1, 0.15) is 70.9 Å². The molecule has 0 nitrogen and oxygen atoms in total. The van der Waals surface area contributed by atoms with Crippen molar-refractivity contribution in [2.24, 2.45) is 11.8 Å². The Kier molecular flexibility index (Phi) is 7.17. The molecule has 0 heterocycles. The van der Waals surface area contributed by atoms with Gasteiger partial charge in [0.2, 0.25) is 0 Å². The van der Waals surface area contributed by atoms with E-state index in [1.54, 1.807) is 11.1 Å². The van der Waals surface area contributed by atoms with E-state index < -0.39 is 0 Å². The van der Waals surface area contributed by atoms with E-state index in [0.717, 1.165) is 19.3 Å². The molecule has 154 valence electrons. The average Bonchev–Trinajstić information content (AvgIpc) is 2.73. The van der Waals surface area contributed by atoms with Gasteiger partial charge in [0.15, 0.2) is 0 Å². The highest BCUT2D eigenvalue weighted by atomic mass is 14.3. The van der Waals surface area contributed by atoms with Gasteiger partial charge in [0, 0.05) is 0 Å². The molecule has 3 rings (SSSR count). The third kappa shape index (κ3) is 4.74. The maximum Gasteiger partial charge on any atom is -0.0134 e. The van der Waals surface area contributed by atoms with Crippen LogP contribution in [0.15, 0.2) is 71.3 Å². The summed E-state index contributed by atoms with van der Waals surface area (Å²) in [5, 5.41) is 2.74. The molecule has 0 N–H and O–H groups in total. The number of hydrogen-bond acceptors (Lipinski definition) is 0. The molecule has 1 fully saturated rings. The van der Waals surface area contributed by atoms with E-state index >= 15 is 0 Å². The molecular formula is C29H38. The van der Waals surface area contributed by atoms with Gasteiger partial charge in [0.1, 0.15) is 0 Å². The molecule has 0 saturated heterocycles. The Morgan fingerprint density at radius 1 is 1.14 bits per heavy atom. The lowest BCUT2D eigenvalue weighted by Crippen LogP contribution is -2.24. The first-order chi connectivity index (χ1) is 14.0. The van der Waals surface area contributed by atoms with Crippen LogP contribution in [0, 0.1) is 18.8 Å². The summed E-state index contributed by atoms with van der Waals surface area (Å²) < 4.78 is 0. The molecule has 0 heteroatoms. The van der Waals surface area contributed by atoms with E-state index in [1.807, 2.05) is 0 Å². The maximum atomic E-state index is 4.53. The lowest BCUT2D eigenvalue weighted by molar-refractivity contribution is 0.328. The van der Waals surface area contributed by atoms with Crippen LogP contribution in [0.3, 0.4) is 0 Å². The van der Waals surface area contributed by atoms with Crippen molar-refractivity contribution < 1.29 is 0 Å². The standard InChI is InChI=1S/C29H38/c1-7-11-25-18-26(16-17-27(25)20(3)4)29(21(5)8-2)19-24-15-14-23-12-9-10-13-28(23)22(24)6/h9-15,26,29H,5,7-8,16-19H2,1-4,6H3/b25-11-. The number of fused-ring (bicyclic) bond motifs is 1. The molecule has 0 radical (unpaired) electrons. The highest BCUT2D eigenvalue weighted by Crippen LogP contribution is 2.42. The largest absolute Gasteiger partial charge is 0.0996 e. The van der Waals surface area contributed by atoms with Crippen LogP contribution in [-0.4, -0.2) is 0 Å². The SMILES string of the molecule is C=C(CC)C(Cc1ccc2ccccc2c1C)C1CCC(=C(C)C)/C(=C\CC)C1. The molecule has 0 spiro atoms. The number of rotatable bonds is 6. The van der Waals surface area contributed by atoms with Crippen LogP contribution in [0.2, 0.25) is 0 Å². The summed E-state index contributed by atoms with van der Waals surface area (Å²) in [5.74, 6) is 1.27. The Bertz CT molecular complexity index is 934. The lowest BCUT2D eigenvalue weighted by Gasteiger charge is -2.35. The van der Waals surface area contributed by atoms with Crippen molar-refractivity contribution in [3.05, 3.63) is 82.5 Å². The minimum absolute atomic E-state index is 0.568. The van der Waals surface area contributed by atoms with Gasteiger partial charge in [0.05, 0.1) is 0 Å². The molecule has 2 unspecified atom stereocenters. The molecule has 2 aromatic carbocycles. The molecule has 0 amide bonds. The van der Waals surface area contributed by atoms with Gasteiger partial charge >= 0.3 is 0 Å². The van der Waals surface area contributed by atoms with Crippen LogP contribution >= 0.6 is 0 Å². The van der Waals surface area contributed by atoms with Gasteiger partial charge in [0.25, 0.3) is 0 Å². The maximum absolute atomic E-state index is 4.53. The summed E-state index contributed by atoms with van der Waals surface area (Å²) in [7, 11) is 0. The van der Waals surface area contributed by atoms with E-state index in [4.69, 9.17) is 0 Å². The van der Waals surface area contributed by atoms with E-state index in [2.05, 4.69) is 83.7 Å². The second kappa shape index (κ2) is 9.61. The first-order valence-corrected chi connectivity index (χ1v) is 11.5. The number of hydrogen-bond donors (Lipinski definition) is 0. The Morgan fingerprint density at radius 2 is 1.90 bits per heavy atom. The van der Waals surface area contributed by atoms with Gasteiger partial charge in [-0.1, -0.05) is 74.0 Å². The van der Waals surface area contributed by atoms with Crippen LogP contribution in [0.25, 0.3) is 10.8 Å².